The van der Waals surface area contributed by atoms with E-state index in [1.54, 1.807) is 0 Å². The molecule has 0 aromatic carbocycles. The molecule has 1 rings (SSSR count). The number of piperidine rings is 1. The lowest BCUT2D eigenvalue weighted by atomic mass is 10.1. The third-order valence-corrected chi connectivity index (χ3v) is 2.51. The topological polar surface area (TPSA) is 32.3 Å². The molecular formula is C9H19ClN2O. The van der Waals surface area contributed by atoms with Crippen molar-refractivity contribution in [3.63, 3.8) is 0 Å². The molecule has 1 N–H and O–H groups in total. The number of hydrogen-bond donors (Lipinski definition) is 1. The number of carbonyl (C=O) groups is 1. The summed E-state index contributed by atoms with van der Waals surface area (Å²) in [4.78, 5) is 13.2. The minimum absolute atomic E-state index is 0. The van der Waals surface area contributed by atoms with Crippen LogP contribution in [0.25, 0.3) is 0 Å². The molecule has 0 bridgehead atoms. The van der Waals surface area contributed by atoms with E-state index in [2.05, 4.69) is 5.32 Å². The molecule has 1 aliphatic heterocycles. The summed E-state index contributed by atoms with van der Waals surface area (Å²) in [6.07, 6.45) is 2.95. The van der Waals surface area contributed by atoms with Crippen molar-refractivity contribution >= 4 is 18.3 Å². The highest BCUT2D eigenvalue weighted by Gasteiger charge is 2.20. The molecule has 1 atom stereocenters. The Balaban J connectivity index is 0.00000144. The van der Waals surface area contributed by atoms with Crippen molar-refractivity contribution in [1.29, 1.82) is 0 Å². The van der Waals surface area contributed by atoms with E-state index in [1.165, 1.54) is 6.42 Å². The predicted octanol–water partition coefficient (Wildman–Crippen LogP) is 1.03. The second-order valence-corrected chi connectivity index (χ2v) is 3.36. The SMILES string of the molecule is CCC(=O)N(C)[C@@H]1CCCNC1.Cl. The van der Waals surface area contributed by atoms with E-state index in [-0.39, 0.29) is 18.3 Å². The maximum absolute atomic E-state index is 11.3. The van der Waals surface area contributed by atoms with Crippen LogP contribution in [0.4, 0.5) is 0 Å². The Morgan fingerprint density at radius 2 is 2.31 bits per heavy atom. The van der Waals surface area contributed by atoms with Crippen LogP contribution in [0.2, 0.25) is 0 Å². The molecule has 0 unspecified atom stereocenters. The molecular weight excluding hydrogens is 188 g/mol. The maximum Gasteiger partial charge on any atom is 0.222 e. The van der Waals surface area contributed by atoms with Gasteiger partial charge in [-0.05, 0) is 19.4 Å². The van der Waals surface area contributed by atoms with Crippen LogP contribution in [0.5, 0.6) is 0 Å². The van der Waals surface area contributed by atoms with E-state index in [9.17, 15) is 4.79 Å². The van der Waals surface area contributed by atoms with Gasteiger partial charge in [0.15, 0.2) is 0 Å². The molecule has 1 aliphatic rings. The van der Waals surface area contributed by atoms with Crippen molar-refractivity contribution < 1.29 is 4.79 Å². The third kappa shape index (κ3) is 3.53. The highest BCUT2D eigenvalue weighted by Crippen LogP contribution is 2.09. The van der Waals surface area contributed by atoms with Gasteiger partial charge in [0.2, 0.25) is 5.91 Å². The van der Waals surface area contributed by atoms with Gasteiger partial charge in [-0.25, -0.2) is 0 Å². The number of likely N-dealkylation sites (N-methyl/N-ethyl adjacent to an activating group) is 1. The van der Waals surface area contributed by atoms with Gasteiger partial charge < -0.3 is 10.2 Å². The van der Waals surface area contributed by atoms with E-state index >= 15 is 0 Å². The predicted molar refractivity (Wildman–Crippen MR) is 56.2 cm³/mol. The first kappa shape index (κ1) is 12.7. The normalized spacial score (nSPS) is 21.8. The van der Waals surface area contributed by atoms with E-state index < -0.39 is 0 Å². The standard InChI is InChI=1S/C9H18N2O.ClH/c1-3-9(12)11(2)8-5-4-6-10-7-8;/h8,10H,3-7H2,1-2H3;1H/t8-;/m1./s1. The molecule has 78 valence electrons. The number of rotatable bonds is 2. The quantitative estimate of drug-likeness (QED) is 0.732. The molecule has 1 fully saturated rings. The first-order valence-electron chi connectivity index (χ1n) is 4.72. The van der Waals surface area contributed by atoms with Gasteiger partial charge in [0.05, 0.1) is 0 Å². The van der Waals surface area contributed by atoms with Gasteiger partial charge in [-0.15, -0.1) is 12.4 Å². The van der Waals surface area contributed by atoms with Gasteiger partial charge in [0.25, 0.3) is 0 Å². The van der Waals surface area contributed by atoms with Gasteiger partial charge in [-0.3, -0.25) is 4.79 Å². The molecule has 1 amide bonds. The molecule has 13 heavy (non-hydrogen) atoms. The van der Waals surface area contributed by atoms with Crippen LogP contribution in [-0.2, 0) is 4.79 Å². The van der Waals surface area contributed by atoms with Gasteiger partial charge in [-0.2, -0.15) is 0 Å². The number of amides is 1. The van der Waals surface area contributed by atoms with Crippen LogP contribution in [0, 0.1) is 0 Å². The zero-order valence-corrected chi connectivity index (χ0v) is 9.19. The van der Waals surface area contributed by atoms with Crippen molar-refractivity contribution in [3.05, 3.63) is 0 Å². The molecule has 0 spiro atoms. The largest absolute Gasteiger partial charge is 0.342 e. The Morgan fingerprint density at radius 1 is 1.62 bits per heavy atom. The number of nitrogens with one attached hydrogen (secondary N) is 1. The monoisotopic (exact) mass is 206 g/mol. The number of nitrogens with zero attached hydrogens (tertiary/aromatic N) is 1. The van der Waals surface area contributed by atoms with E-state index in [0.717, 1.165) is 19.5 Å². The van der Waals surface area contributed by atoms with Crippen molar-refractivity contribution in [1.82, 2.24) is 10.2 Å². The van der Waals surface area contributed by atoms with Gasteiger partial charge in [0.1, 0.15) is 0 Å². The first-order valence-corrected chi connectivity index (χ1v) is 4.72. The summed E-state index contributed by atoms with van der Waals surface area (Å²) in [7, 11) is 1.91. The van der Waals surface area contributed by atoms with Crippen LogP contribution in [0.15, 0.2) is 0 Å². The fourth-order valence-corrected chi connectivity index (χ4v) is 1.62. The summed E-state index contributed by atoms with van der Waals surface area (Å²) in [5.74, 6) is 0.253. The Hall–Kier alpha value is -0.280. The molecule has 4 heteroatoms. The molecule has 0 aromatic heterocycles. The molecule has 0 aromatic rings. The smallest absolute Gasteiger partial charge is 0.222 e. The minimum Gasteiger partial charge on any atom is -0.342 e. The highest BCUT2D eigenvalue weighted by atomic mass is 35.5. The summed E-state index contributed by atoms with van der Waals surface area (Å²) in [6.45, 7) is 3.97. The molecule has 0 saturated carbocycles. The van der Waals surface area contributed by atoms with Gasteiger partial charge in [-0.1, -0.05) is 6.92 Å². The van der Waals surface area contributed by atoms with Crippen molar-refractivity contribution in [2.24, 2.45) is 0 Å². The number of carbonyl (C=O) groups excluding carboxylic acids is 1. The molecule has 1 saturated heterocycles. The Kier molecular flexibility index (Phi) is 6.08. The summed E-state index contributed by atoms with van der Waals surface area (Å²) in [5.41, 5.74) is 0. The van der Waals surface area contributed by atoms with Gasteiger partial charge >= 0.3 is 0 Å². The van der Waals surface area contributed by atoms with Gasteiger partial charge in [0, 0.05) is 26.1 Å². The summed E-state index contributed by atoms with van der Waals surface area (Å²) < 4.78 is 0. The lowest BCUT2D eigenvalue weighted by molar-refractivity contribution is -0.131. The second-order valence-electron chi connectivity index (χ2n) is 3.36. The average molecular weight is 207 g/mol. The van der Waals surface area contributed by atoms with Crippen molar-refractivity contribution in [2.75, 3.05) is 20.1 Å². The van der Waals surface area contributed by atoms with Crippen LogP contribution in [-0.4, -0.2) is 37.0 Å². The highest BCUT2D eigenvalue weighted by molar-refractivity contribution is 5.85. The second kappa shape index (κ2) is 6.22. The number of halogens is 1. The third-order valence-electron chi connectivity index (χ3n) is 2.51. The van der Waals surface area contributed by atoms with Crippen molar-refractivity contribution in [2.45, 2.75) is 32.2 Å². The van der Waals surface area contributed by atoms with Crippen LogP contribution < -0.4 is 5.32 Å². The fraction of sp³-hybridized carbons (Fsp3) is 0.889. The molecule has 3 nitrogen and oxygen atoms in total. The lowest BCUT2D eigenvalue weighted by Gasteiger charge is -2.31. The Labute approximate surface area is 86.3 Å². The van der Waals surface area contributed by atoms with E-state index in [4.69, 9.17) is 0 Å². The lowest BCUT2D eigenvalue weighted by Crippen LogP contribution is -2.46. The average Bonchev–Trinajstić information content (AvgIpc) is 2.17. The summed E-state index contributed by atoms with van der Waals surface area (Å²) in [5, 5.41) is 3.30. The molecule has 0 aliphatic carbocycles. The zero-order valence-electron chi connectivity index (χ0n) is 8.38. The zero-order chi connectivity index (χ0) is 8.97. The molecule has 0 radical (unpaired) electrons. The summed E-state index contributed by atoms with van der Waals surface area (Å²) in [6, 6.07) is 0.422. The Bertz CT molecular complexity index is 158. The Morgan fingerprint density at radius 3 is 2.77 bits per heavy atom. The van der Waals surface area contributed by atoms with Crippen molar-refractivity contribution in [3.8, 4) is 0 Å². The van der Waals surface area contributed by atoms with Crippen LogP contribution in [0.3, 0.4) is 0 Å². The molecule has 1 heterocycles. The van der Waals surface area contributed by atoms with E-state index in [1.807, 2.05) is 18.9 Å². The minimum atomic E-state index is 0. The van der Waals surface area contributed by atoms with Crippen LogP contribution >= 0.6 is 12.4 Å². The summed E-state index contributed by atoms with van der Waals surface area (Å²) >= 11 is 0. The first-order chi connectivity index (χ1) is 5.75. The van der Waals surface area contributed by atoms with Crippen LogP contribution in [0.1, 0.15) is 26.2 Å². The van der Waals surface area contributed by atoms with E-state index in [0.29, 0.717) is 12.5 Å². The number of hydrogen-bond acceptors (Lipinski definition) is 2. The fourth-order valence-electron chi connectivity index (χ4n) is 1.62. The maximum atomic E-state index is 11.3.